The fourth-order valence-electron chi connectivity index (χ4n) is 2.56. The fourth-order valence-corrected chi connectivity index (χ4v) is 3.67. The van der Waals surface area contributed by atoms with Crippen LogP contribution in [0, 0.1) is 11.3 Å². The van der Waals surface area contributed by atoms with E-state index in [4.69, 9.17) is 0 Å². The molecule has 1 N–H and O–H groups in total. The predicted octanol–water partition coefficient (Wildman–Crippen LogP) is 2.12. The number of allylic oxidation sites excluding steroid dienone is 1. The van der Waals surface area contributed by atoms with Crippen LogP contribution in [-0.2, 0) is 11.3 Å². The summed E-state index contributed by atoms with van der Waals surface area (Å²) in [5, 5.41) is 12.2. The molecule has 0 aliphatic rings. The van der Waals surface area contributed by atoms with Crippen molar-refractivity contribution in [2.75, 3.05) is 6.54 Å². The molecule has 0 saturated heterocycles. The predicted molar refractivity (Wildman–Crippen MR) is 112 cm³/mol. The third-order valence-corrected chi connectivity index (χ3v) is 5.12. The van der Waals surface area contributed by atoms with Crippen LogP contribution in [-0.4, -0.2) is 23.6 Å². The van der Waals surface area contributed by atoms with Crippen LogP contribution in [0.5, 0.6) is 5.75 Å². The minimum absolute atomic E-state index is 0.00179. The summed E-state index contributed by atoms with van der Waals surface area (Å²) in [4.78, 5) is 25.2. The maximum absolute atomic E-state index is 12.8. The number of aromatic nitrogens is 1. The van der Waals surface area contributed by atoms with Crippen molar-refractivity contribution >= 4 is 28.9 Å². The average molecular weight is 433 g/mol. The number of thiazole rings is 1. The normalized spacial score (nSPS) is 12.4. The second-order valence-electron chi connectivity index (χ2n) is 6.16. The number of carbonyl (C=O) groups excluding carboxylic acids is 1. The molecule has 9 heteroatoms. The molecule has 2 aromatic rings. The molecule has 0 aliphatic carbocycles. The van der Waals surface area contributed by atoms with E-state index in [1.54, 1.807) is 6.08 Å². The molecule has 1 amide bonds. The van der Waals surface area contributed by atoms with Gasteiger partial charge >= 0.3 is 6.61 Å². The lowest BCUT2D eigenvalue weighted by molar-refractivity contribution is -0.115. The van der Waals surface area contributed by atoms with E-state index >= 15 is 0 Å². The zero-order valence-corrected chi connectivity index (χ0v) is 17.2. The van der Waals surface area contributed by atoms with E-state index in [9.17, 15) is 23.6 Å². The highest BCUT2D eigenvalue weighted by Crippen LogP contribution is 2.15. The number of nitriles is 1. The maximum atomic E-state index is 12.8. The molecular formula is C21H21F2N3O3S. The minimum Gasteiger partial charge on any atom is -0.435 e. The summed E-state index contributed by atoms with van der Waals surface area (Å²) in [6.45, 7) is 3.25. The van der Waals surface area contributed by atoms with Gasteiger partial charge in [0.2, 0.25) is 0 Å². The van der Waals surface area contributed by atoms with Crippen molar-refractivity contribution < 1.29 is 18.3 Å². The number of benzene rings is 1. The lowest BCUT2D eigenvalue weighted by Gasteiger charge is -2.03. The molecule has 1 aromatic heterocycles. The summed E-state index contributed by atoms with van der Waals surface area (Å²) >= 11 is 1.01. The molecule has 0 saturated carbocycles. The number of ether oxygens (including phenoxy) is 1. The first-order chi connectivity index (χ1) is 14.4. The monoisotopic (exact) mass is 433 g/mol. The number of hydrogen-bond acceptors (Lipinski definition) is 5. The molecule has 0 aliphatic heterocycles. The number of nitrogens with zero attached hydrogens (tertiary/aromatic N) is 2. The van der Waals surface area contributed by atoms with Crippen LogP contribution >= 0.6 is 11.3 Å². The van der Waals surface area contributed by atoms with Gasteiger partial charge in [-0.3, -0.25) is 14.2 Å². The first-order valence-electron chi connectivity index (χ1n) is 9.21. The van der Waals surface area contributed by atoms with Gasteiger partial charge in [-0.05, 0) is 30.2 Å². The SMILES string of the molecule is C=CCn1c(=O)/c(=C/c2ccc(OC(F)F)cc2)s/c1=C(\C#N)C(=O)NCCCC. The Kier molecular flexibility index (Phi) is 8.50. The molecule has 0 bridgehead atoms. The third-order valence-electron chi connectivity index (χ3n) is 3.99. The van der Waals surface area contributed by atoms with Crippen LogP contribution in [0.3, 0.4) is 0 Å². The Morgan fingerprint density at radius 2 is 2.10 bits per heavy atom. The Bertz CT molecular complexity index is 1110. The summed E-state index contributed by atoms with van der Waals surface area (Å²) in [6.07, 6.45) is 4.73. The van der Waals surface area contributed by atoms with Crippen LogP contribution in [0.15, 0.2) is 41.7 Å². The number of nitrogens with one attached hydrogen (secondary N) is 1. The first kappa shape index (κ1) is 23.0. The summed E-state index contributed by atoms with van der Waals surface area (Å²) in [5.41, 5.74) is 0.0606. The van der Waals surface area contributed by atoms with Crippen molar-refractivity contribution in [1.82, 2.24) is 9.88 Å². The average Bonchev–Trinajstić information content (AvgIpc) is 3.00. The summed E-state index contributed by atoms with van der Waals surface area (Å²) < 4.78 is 30.7. The van der Waals surface area contributed by atoms with Crippen LogP contribution < -0.4 is 24.8 Å². The van der Waals surface area contributed by atoms with Crippen LogP contribution in [0.25, 0.3) is 11.6 Å². The van der Waals surface area contributed by atoms with Gasteiger partial charge in [0.05, 0.1) is 4.53 Å². The maximum Gasteiger partial charge on any atom is 0.387 e. The fraction of sp³-hybridized carbons (Fsp3) is 0.286. The molecule has 2 rings (SSSR count). The highest BCUT2D eigenvalue weighted by Gasteiger charge is 2.15. The lowest BCUT2D eigenvalue weighted by atomic mass is 10.2. The number of alkyl halides is 2. The van der Waals surface area contributed by atoms with E-state index in [0.29, 0.717) is 16.6 Å². The molecule has 1 heterocycles. The Balaban J connectivity index is 2.54. The summed E-state index contributed by atoms with van der Waals surface area (Å²) in [5.74, 6) is -0.535. The Hall–Kier alpha value is -3.25. The molecule has 1 aromatic carbocycles. The van der Waals surface area contributed by atoms with E-state index < -0.39 is 12.5 Å². The van der Waals surface area contributed by atoms with Gasteiger partial charge in [-0.2, -0.15) is 14.0 Å². The Labute approximate surface area is 176 Å². The topological polar surface area (TPSA) is 84.1 Å². The summed E-state index contributed by atoms with van der Waals surface area (Å²) in [6, 6.07) is 7.68. The largest absolute Gasteiger partial charge is 0.435 e. The third kappa shape index (κ3) is 5.87. The molecule has 0 spiro atoms. The van der Waals surface area contributed by atoms with Gasteiger partial charge in [-0.1, -0.05) is 31.6 Å². The molecule has 0 unspecified atom stereocenters. The molecular weight excluding hydrogens is 412 g/mol. The van der Waals surface area contributed by atoms with Crippen LogP contribution in [0.4, 0.5) is 8.78 Å². The highest BCUT2D eigenvalue weighted by molar-refractivity contribution is 7.07. The number of rotatable bonds is 9. The van der Waals surface area contributed by atoms with Crippen molar-refractivity contribution in [2.45, 2.75) is 32.9 Å². The zero-order valence-electron chi connectivity index (χ0n) is 16.4. The second kappa shape index (κ2) is 11.1. The van der Waals surface area contributed by atoms with Crippen LogP contribution in [0.2, 0.25) is 0 Å². The van der Waals surface area contributed by atoms with Gasteiger partial charge in [0.15, 0.2) is 5.57 Å². The smallest absolute Gasteiger partial charge is 0.387 e. The van der Waals surface area contributed by atoms with E-state index in [2.05, 4.69) is 16.6 Å². The van der Waals surface area contributed by atoms with E-state index in [0.717, 1.165) is 24.2 Å². The van der Waals surface area contributed by atoms with Gasteiger partial charge in [0, 0.05) is 13.1 Å². The van der Waals surface area contributed by atoms with Crippen molar-refractivity contribution in [3.63, 3.8) is 0 Å². The minimum atomic E-state index is -2.92. The number of hydrogen-bond donors (Lipinski definition) is 1. The second-order valence-corrected chi connectivity index (χ2v) is 7.19. The lowest BCUT2D eigenvalue weighted by Crippen LogP contribution is -2.34. The standard InChI is InChI=1S/C21H21F2N3O3S/c1-3-5-10-25-18(27)16(13-24)20-26(11-4-2)19(28)17(30-20)12-14-6-8-15(9-7-14)29-21(22)23/h4,6-9,12,21H,2-3,5,10-11H2,1H3,(H,25,27)/b17-12-,20-16+. The molecule has 0 fully saturated rings. The Morgan fingerprint density at radius 3 is 2.67 bits per heavy atom. The van der Waals surface area contributed by atoms with E-state index in [1.807, 2.05) is 13.0 Å². The van der Waals surface area contributed by atoms with Gasteiger partial charge in [-0.15, -0.1) is 17.9 Å². The number of halogens is 2. The molecule has 158 valence electrons. The number of amides is 1. The Morgan fingerprint density at radius 1 is 1.40 bits per heavy atom. The molecule has 30 heavy (non-hydrogen) atoms. The van der Waals surface area contributed by atoms with E-state index in [1.165, 1.54) is 34.9 Å². The molecule has 0 radical (unpaired) electrons. The van der Waals surface area contributed by atoms with Crippen LogP contribution in [0.1, 0.15) is 25.3 Å². The zero-order chi connectivity index (χ0) is 22.1. The highest BCUT2D eigenvalue weighted by atomic mass is 32.1. The number of carbonyl (C=O) groups is 1. The van der Waals surface area contributed by atoms with Gasteiger partial charge < -0.3 is 10.1 Å². The van der Waals surface area contributed by atoms with Crippen molar-refractivity contribution in [1.29, 1.82) is 5.26 Å². The molecule has 6 nitrogen and oxygen atoms in total. The van der Waals surface area contributed by atoms with Crippen molar-refractivity contribution in [2.24, 2.45) is 0 Å². The van der Waals surface area contributed by atoms with Crippen molar-refractivity contribution in [3.05, 3.63) is 62.0 Å². The van der Waals surface area contributed by atoms with E-state index in [-0.39, 0.29) is 28.1 Å². The van der Waals surface area contributed by atoms with Gasteiger partial charge in [0.1, 0.15) is 16.5 Å². The number of unbranched alkanes of at least 4 members (excludes halogenated alkanes) is 1. The molecule has 0 atom stereocenters. The quantitative estimate of drug-likeness (QED) is 0.485. The van der Waals surface area contributed by atoms with Crippen molar-refractivity contribution in [3.8, 4) is 11.8 Å². The first-order valence-corrected chi connectivity index (χ1v) is 10.0. The van der Waals surface area contributed by atoms with Gasteiger partial charge in [-0.25, -0.2) is 0 Å². The van der Waals surface area contributed by atoms with Gasteiger partial charge in [0.25, 0.3) is 11.5 Å². The summed E-state index contributed by atoms with van der Waals surface area (Å²) in [7, 11) is 0.